The predicted octanol–water partition coefficient (Wildman–Crippen LogP) is 3.06. The molecule has 0 saturated heterocycles. The summed E-state index contributed by atoms with van der Waals surface area (Å²) in [6.45, 7) is 0. The summed E-state index contributed by atoms with van der Waals surface area (Å²) in [7, 11) is 0. The Balaban J connectivity index is 2.65. The zero-order valence-corrected chi connectivity index (χ0v) is 8.15. The van der Waals surface area contributed by atoms with Gasteiger partial charge in [0.25, 0.3) is 0 Å². The van der Waals surface area contributed by atoms with Crippen LogP contribution in [0.1, 0.15) is 0 Å². The lowest BCUT2D eigenvalue weighted by molar-refractivity contribution is 1.43. The Kier molecular flexibility index (Phi) is 3.47. The van der Waals surface area contributed by atoms with Crippen LogP contribution in [0.15, 0.2) is 33.6 Å². The topological polar surface area (TPSA) is 23.8 Å². The fourth-order valence-corrected chi connectivity index (χ4v) is 1.84. The lowest BCUT2D eigenvalue weighted by Crippen LogP contribution is -1.73. The number of benzene rings is 1. The second-order valence-electron chi connectivity index (χ2n) is 1.90. The molecule has 0 bridgehead atoms. The van der Waals surface area contributed by atoms with Crippen molar-refractivity contribution < 1.29 is 0 Å². The minimum absolute atomic E-state index is 0.510. The average molecular weight is 228 g/mol. The summed E-state index contributed by atoms with van der Waals surface area (Å²) >= 11 is 4.90. The van der Waals surface area contributed by atoms with Crippen molar-refractivity contribution in [1.29, 1.82) is 5.26 Å². The highest BCUT2D eigenvalue weighted by molar-refractivity contribution is 9.10. The minimum atomic E-state index is 0.510. The highest BCUT2D eigenvalue weighted by Crippen LogP contribution is 2.20. The van der Waals surface area contributed by atoms with Crippen LogP contribution in [0, 0.1) is 11.3 Å². The maximum atomic E-state index is 8.31. The van der Waals surface area contributed by atoms with Crippen molar-refractivity contribution in [3.05, 3.63) is 28.7 Å². The summed E-state index contributed by atoms with van der Waals surface area (Å²) < 4.78 is 1.06. The molecular formula is C8H6BrNS. The van der Waals surface area contributed by atoms with E-state index in [0.29, 0.717) is 5.75 Å². The van der Waals surface area contributed by atoms with Gasteiger partial charge < -0.3 is 0 Å². The Morgan fingerprint density at radius 2 is 2.36 bits per heavy atom. The third-order valence-electron chi connectivity index (χ3n) is 1.10. The molecule has 0 aliphatic rings. The SMILES string of the molecule is N#CCSc1cccc(Br)c1. The van der Waals surface area contributed by atoms with Crippen molar-refractivity contribution in [1.82, 2.24) is 0 Å². The average Bonchev–Trinajstić information content (AvgIpc) is 2.01. The molecule has 0 radical (unpaired) electrons. The zero-order chi connectivity index (χ0) is 8.10. The van der Waals surface area contributed by atoms with Crippen LogP contribution in [-0.2, 0) is 0 Å². The molecule has 0 aliphatic heterocycles. The van der Waals surface area contributed by atoms with Crippen molar-refractivity contribution in [2.45, 2.75) is 4.90 Å². The van der Waals surface area contributed by atoms with E-state index in [9.17, 15) is 0 Å². The Morgan fingerprint density at radius 3 is 3.00 bits per heavy atom. The summed E-state index contributed by atoms with van der Waals surface area (Å²) in [6.07, 6.45) is 0. The van der Waals surface area contributed by atoms with Crippen LogP contribution in [-0.4, -0.2) is 5.75 Å². The first-order valence-electron chi connectivity index (χ1n) is 3.08. The second kappa shape index (κ2) is 4.42. The van der Waals surface area contributed by atoms with Crippen molar-refractivity contribution >= 4 is 27.7 Å². The molecule has 1 rings (SSSR count). The van der Waals surface area contributed by atoms with Crippen LogP contribution in [0.5, 0.6) is 0 Å². The Bertz CT molecular complexity index is 280. The maximum Gasteiger partial charge on any atom is 0.0855 e. The number of nitriles is 1. The molecule has 56 valence electrons. The third-order valence-corrected chi connectivity index (χ3v) is 2.45. The maximum absolute atomic E-state index is 8.31. The molecule has 0 fully saturated rings. The highest BCUT2D eigenvalue weighted by atomic mass is 79.9. The van der Waals surface area contributed by atoms with Crippen LogP contribution in [0.2, 0.25) is 0 Å². The van der Waals surface area contributed by atoms with Crippen LogP contribution >= 0.6 is 27.7 Å². The molecule has 0 heterocycles. The first-order chi connectivity index (χ1) is 5.33. The Hall–Kier alpha value is -0.460. The molecule has 3 heteroatoms. The number of hydrogen-bond acceptors (Lipinski definition) is 2. The van der Waals surface area contributed by atoms with E-state index in [0.717, 1.165) is 9.37 Å². The number of nitrogens with zero attached hydrogens (tertiary/aromatic N) is 1. The van der Waals surface area contributed by atoms with Gasteiger partial charge in [-0.25, -0.2) is 0 Å². The van der Waals surface area contributed by atoms with E-state index in [4.69, 9.17) is 5.26 Å². The molecular weight excluding hydrogens is 222 g/mol. The molecule has 0 unspecified atom stereocenters. The number of thioether (sulfide) groups is 1. The van der Waals surface area contributed by atoms with Gasteiger partial charge in [-0.3, -0.25) is 0 Å². The lowest BCUT2D eigenvalue weighted by Gasteiger charge is -1.95. The summed E-state index contributed by atoms with van der Waals surface area (Å²) in [5.74, 6) is 0.510. The molecule has 0 aromatic heterocycles. The van der Waals surface area contributed by atoms with E-state index in [1.807, 2.05) is 24.3 Å². The van der Waals surface area contributed by atoms with E-state index < -0.39 is 0 Å². The van der Waals surface area contributed by atoms with Gasteiger partial charge in [0.2, 0.25) is 0 Å². The molecule has 0 aliphatic carbocycles. The van der Waals surface area contributed by atoms with Gasteiger partial charge in [-0.15, -0.1) is 11.8 Å². The first-order valence-corrected chi connectivity index (χ1v) is 4.86. The van der Waals surface area contributed by atoms with Crippen molar-refractivity contribution in [2.24, 2.45) is 0 Å². The monoisotopic (exact) mass is 227 g/mol. The Morgan fingerprint density at radius 1 is 1.55 bits per heavy atom. The fourth-order valence-electron chi connectivity index (χ4n) is 0.672. The smallest absolute Gasteiger partial charge is 0.0855 e. The van der Waals surface area contributed by atoms with Gasteiger partial charge in [-0.05, 0) is 18.2 Å². The zero-order valence-electron chi connectivity index (χ0n) is 5.75. The number of hydrogen-bond donors (Lipinski definition) is 0. The molecule has 1 nitrogen and oxygen atoms in total. The highest BCUT2D eigenvalue weighted by Gasteiger charge is 1.92. The summed E-state index contributed by atoms with van der Waals surface area (Å²) in [6, 6.07) is 10.0. The van der Waals surface area contributed by atoms with Gasteiger partial charge in [0.1, 0.15) is 0 Å². The van der Waals surface area contributed by atoms with Crippen molar-refractivity contribution in [3.63, 3.8) is 0 Å². The molecule has 0 atom stereocenters. The van der Waals surface area contributed by atoms with Gasteiger partial charge in [0, 0.05) is 9.37 Å². The van der Waals surface area contributed by atoms with Crippen molar-refractivity contribution in [2.75, 3.05) is 5.75 Å². The predicted molar refractivity (Wildman–Crippen MR) is 50.5 cm³/mol. The number of rotatable bonds is 2. The molecule has 1 aromatic rings. The van der Waals surface area contributed by atoms with Crippen LogP contribution in [0.4, 0.5) is 0 Å². The van der Waals surface area contributed by atoms with E-state index in [-0.39, 0.29) is 0 Å². The van der Waals surface area contributed by atoms with Gasteiger partial charge in [0.15, 0.2) is 0 Å². The Labute approximate surface area is 78.5 Å². The van der Waals surface area contributed by atoms with Crippen LogP contribution in [0.3, 0.4) is 0 Å². The molecule has 11 heavy (non-hydrogen) atoms. The largest absolute Gasteiger partial charge is 0.197 e. The molecule has 0 N–H and O–H groups in total. The summed E-state index contributed by atoms with van der Waals surface area (Å²) in [5, 5.41) is 8.31. The lowest BCUT2D eigenvalue weighted by atomic mass is 10.4. The fraction of sp³-hybridized carbons (Fsp3) is 0.125. The van der Waals surface area contributed by atoms with Crippen molar-refractivity contribution in [3.8, 4) is 6.07 Å². The third kappa shape index (κ3) is 2.96. The van der Waals surface area contributed by atoms with E-state index >= 15 is 0 Å². The van der Waals surface area contributed by atoms with Gasteiger partial charge >= 0.3 is 0 Å². The van der Waals surface area contributed by atoms with E-state index in [2.05, 4.69) is 22.0 Å². The van der Waals surface area contributed by atoms with E-state index in [1.54, 1.807) is 11.8 Å². The van der Waals surface area contributed by atoms with E-state index in [1.165, 1.54) is 0 Å². The van der Waals surface area contributed by atoms with Crippen LogP contribution in [0.25, 0.3) is 0 Å². The summed E-state index contributed by atoms with van der Waals surface area (Å²) in [4.78, 5) is 1.13. The second-order valence-corrected chi connectivity index (χ2v) is 3.87. The molecule has 0 amide bonds. The summed E-state index contributed by atoms with van der Waals surface area (Å²) in [5.41, 5.74) is 0. The van der Waals surface area contributed by atoms with Gasteiger partial charge in [-0.2, -0.15) is 5.26 Å². The molecule has 0 saturated carbocycles. The van der Waals surface area contributed by atoms with Crippen LogP contribution < -0.4 is 0 Å². The normalized spacial score (nSPS) is 9.09. The van der Waals surface area contributed by atoms with Gasteiger partial charge in [-0.1, -0.05) is 22.0 Å². The minimum Gasteiger partial charge on any atom is -0.197 e. The molecule has 0 spiro atoms. The molecule has 1 aromatic carbocycles. The number of halogens is 1. The first kappa shape index (κ1) is 8.63. The standard InChI is InChI=1S/C8H6BrNS/c9-7-2-1-3-8(6-7)11-5-4-10/h1-3,6H,5H2. The quantitative estimate of drug-likeness (QED) is 0.726. The van der Waals surface area contributed by atoms with Gasteiger partial charge in [0.05, 0.1) is 11.8 Å².